The van der Waals surface area contributed by atoms with Gasteiger partial charge in [0.25, 0.3) is 0 Å². The maximum absolute atomic E-state index is 10.6. The molecule has 0 spiro atoms. The smallest absolute Gasteiger partial charge is 0.0936 e. The Kier molecular flexibility index (Phi) is 4.55. The molecule has 114 valence electrons. The highest BCUT2D eigenvalue weighted by molar-refractivity contribution is 5.05. The van der Waals surface area contributed by atoms with Gasteiger partial charge in [0, 0.05) is 20.4 Å². The van der Waals surface area contributed by atoms with Gasteiger partial charge in [0.15, 0.2) is 0 Å². The number of ether oxygens (including phenoxy) is 1. The molecule has 20 heavy (non-hydrogen) atoms. The van der Waals surface area contributed by atoms with E-state index in [0.717, 1.165) is 38.5 Å². The zero-order valence-corrected chi connectivity index (χ0v) is 13.2. The molecule has 2 rings (SSSR count). The van der Waals surface area contributed by atoms with Crippen molar-refractivity contribution in [1.82, 2.24) is 9.78 Å². The first-order chi connectivity index (χ1) is 9.37. The highest BCUT2D eigenvalue weighted by atomic mass is 16.5. The zero-order chi connectivity index (χ0) is 14.8. The summed E-state index contributed by atoms with van der Waals surface area (Å²) >= 11 is 0. The van der Waals surface area contributed by atoms with E-state index in [4.69, 9.17) is 4.74 Å². The number of rotatable bonds is 5. The van der Waals surface area contributed by atoms with Gasteiger partial charge in [0.2, 0.25) is 0 Å². The molecule has 0 bridgehead atoms. The molecule has 1 saturated carbocycles. The Morgan fingerprint density at radius 3 is 2.50 bits per heavy atom. The summed E-state index contributed by atoms with van der Waals surface area (Å²) in [5, 5.41) is 14.8. The molecule has 4 nitrogen and oxygen atoms in total. The molecule has 0 saturated heterocycles. The normalized spacial score (nSPS) is 22.6. The van der Waals surface area contributed by atoms with Crippen LogP contribution in [0.2, 0.25) is 0 Å². The Morgan fingerprint density at radius 1 is 1.35 bits per heavy atom. The van der Waals surface area contributed by atoms with Crippen molar-refractivity contribution >= 4 is 0 Å². The van der Waals surface area contributed by atoms with Crippen LogP contribution in [-0.2, 0) is 18.2 Å². The second-order valence-corrected chi connectivity index (χ2v) is 7.01. The fourth-order valence-corrected chi connectivity index (χ4v) is 3.19. The van der Waals surface area contributed by atoms with E-state index in [9.17, 15) is 5.11 Å². The second-order valence-electron chi connectivity index (χ2n) is 7.01. The molecular formula is C16H28N2O2. The molecule has 1 fully saturated rings. The van der Waals surface area contributed by atoms with Crippen LogP contribution in [-0.4, -0.2) is 33.7 Å². The van der Waals surface area contributed by atoms with Gasteiger partial charge in [-0.15, -0.1) is 0 Å². The lowest BCUT2D eigenvalue weighted by Gasteiger charge is -2.45. The molecule has 1 aliphatic carbocycles. The Hall–Kier alpha value is -0.870. The SMILES string of the molecule is COC1(C(O)CCc2cnn(C)c2)CCC(C)(C)CC1. The fraction of sp³-hybridized carbons (Fsp3) is 0.812. The van der Waals surface area contributed by atoms with Crippen molar-refractivity contribution in [3.63, 3.8) is 0 Å². The maximum Gasteiger partial charge on any atom is 0.0936 e. The predicted molar refractivity (Wildman–Crippen MR) is 79.5 cm³/mol. The number of aromatic nitrogens is 2. The molecule has 4 heteroatoms. The van der Waals surface area contributed by atoms with Crippen molar-refractivity contribution in [3.05, 3.63) is 18.0 Å². The van der Waals surface area contributed by atoms with Crippen LogP contribution in [0.15, 0.2) is 12.4 Å². The summed E-state index contributed by atoms with van der Waals surface area (Å²) in [6.07, 6.45) is 9.20. The topological polar surface area (TPSA) is 47.3 Å². The number of aryl methyl sites for hydroxylation is 2. The fourth-order valence-electron chi connectivity index (χ4n) is 3.19. The van der Waals surface area contributed by atoms with Gasteiger partial charge in [-0.3, -0.25) is 4.68 Å². The van der Waals surface area contributed by atoms with Gasteiger partial charge in [-0.05, 0) is 49.5 Å². The van der Waals surface area contributed by atoms with Crippen LogP contribution in [0.3, 0.4) is 0 Å². The quantitative estimate of drug-likeness (QED) is 0.902. The van der Waals surface area contributed by atoms with E-state index in [0.29, 0.717) is 5.41 Å². The average Bonchev–Trinajstić information content (AvgIpc) is 2.82. The molecule has 1 N–H and O–H groups in total. The third-order valence-corrected chi connectivity index (χ3v) is 4.93. The van der Waals surface area contributed by atoms with Gasteiger partial charge in [-0.2, -0.15) is 5.10 Å². The van der Waals surface area contributed by atoms with Gasteiger partial charge >= 0.3 is 0 Å². The third-order valence-electron chi connectivity index (χ3n) is 4.93. The summed E-state index contributed by atoms with van der Waals surface area (Å²) in [7, 11) is 3.66. The molecule has 1 unspecified atom stereocenters. The van der Waals surface area contributed by atoms with Crippen molar-refractivity contribution in [2.45, 2.75) is 64.1 Å². The number of methoxy groups -OCH3 is 1. The molecule has 0 amide bonds. The molecule has 1 aliphatic rings. The van der Waals surface area contributed by atoms with Crippen LogP contribution in [0.25, 0.3) is 0 Å². The summed E-state index contributed by atoms with van der Waals surface area (Å²) in [5.41, 5.74) is 1.21. The van der Waals surface area contributed by atoms with Gasteiger partial charge < -0.3 is 9.84 Å². The van der Waals surface area contributed by atoms with Crippen LogP contribution in [0.4, 0.5) is 0 Å². The minimum absolute atomic E-state index is 0.349. The van der Waals surface area contributed by atoms with Crippen LogP contribution in [0, 0.1) is 5.41 Å². The van der Waals surface area contributed by atoms with Gasteiger partial charge in [-0.25, -0.2) is 0 Å². The molecule has 1 aromatic rings. The van der Waals surface area contributed by atoms with Crippen molar-refractivity contribution in [3.8, 4) is 0 Å². The minimum Gasteiger partial charge on any atom is -0.390 e. The molecule has 0 radical (unpaired) electrons. The molecule has 1 atom stereocenters. The summed E-state index contributed by atoms with van der Waals surface area (Å²) in [6, 6.07) is 0. The first kappa shape index (κ1) is 15.5. The Balaban J connectivity index is 1.93. The van der Waals surface area contributed by atoms with Crippen LogP contribution < -0.4 is 0 Å². The molecule has 1 heterocycles. The standard InChI is InChI=1S/C16H28N2O2/c1-15(2)7-9-16(20-4,10-8-15)14(19)6-5-13-11-17-18(3)12-13/h11-12,14,19H,5-10H2,1-4H3. The van der Waals surface area contributed by atoms with E-state index < -0.39 is 6.10 Å². The summed E-state index contributed by atoms with van der Waals surface area (Å²) in [4.78, 5) is 0. The Bertz CT molecular complexity index is 429. The van der Waals surface area contributed by atoms with E-state index in [-0.39, 0.29) is 5.60 Å². The number of aliphatic hydroxyl groups is 1. The number of hydrogen-bond acceptors (Lipinski definition) is 3. The molecule has 1 aromatic heterocycles. The summed E-state index contributed by atoms with van der Waals surface area (Å²) in [5.74, 6) is 0. The zero-order valence-electron chi connectivity index (χ0n) is 13.2. The summed E-state index contributed by atoms with van der Waals surface area (Å²) < 4.78 is 7.56. The first-order valence-corrected chi connectivity index (χ1v) is 7.58. The predicted octanol–water partition coefficient (Wildman–Crippen LogP) is 2.70. The van der Waals surface area contributed by atoms with Crippen molar-refractivity contribution < 1.29 is 9.84 Å². The second kappa shape index (κ2) is 5.86. The van der Waals surface area contributed by atoms with E-state index >= 15 is 0 Å². The van der Waals surface area contributed by atoms with Gasteiger partial charge in [0.05, 0.1) is 17.9 Å². The monoisotopic (exact) mass is 280 g/mol. The first-order valence-electron chi connectivity index (χ1n) is 7.58. The Labute approximate surface area is 122 Å². The minimum atomic E-state index is -0.399. The number of hydrogen-bond donors (Lipinski definition) is 1. The number of aliphatic hydroxyl groups excluding tert-OH is 1. The maximum atomic E-state index is 10.6. The molecule has 0 aliphatic heterocycles. The number of nitrogens with zero attached hydrogens (tertiary/aromatic N) is 2. The lowest BCUT2D eigenvalue weighted by atomic mass is 9.68. The third kappa shape index (κ3) is 3.41. The van der Waals surface area contributed by atoms with Crippen molar-refractivity contribution in [2.24, 2.45) is 12.5 Å². The largest absolute Gasteiger partial charge is 0.390 e. The van der Waals surface area contributed by atoms with Crippen LogP contribution >= 0.6 is 0 Å². The van der Waals surface area contributed by atoms with Crippen LogP contribution in [0.5, 0.6) is 0 Å². The van der Waals surface area contributed by atoms with Crippen molar-refractivity contribution in [2.75, 3.05) is 7.11 Å². The lowest BCUT2D eigenvalue weighted by Crippen LogP contribution is -2.48. The van der Waals surface area contributed by atoms with E-state index in [1.165, 1.54) is 5.56 Å². The summed E-state index contributed by atoms with van der Waals surface area (Å²) in [6.45, 7) is 4.60. The van der Waals surface area contributed by atoms with Gasteiger partial charge in [-0.1, -0.05) is 13.8 Å². The van der Waals surface area contributed by atoms with E-state index in [1.54, 1.807) is 11.8 Å². The van der Waals surface area contributed by atoms with Crippen molar-refractivity contribution in [1.29, 1.82) is 0 Å². The van der Waals surface area contributed by atoms with Gasteiger partial charge in [0.1, 0.15) is 0 Å². The molecular weight excluding hydrogens is 252 g/mol. The lowest BCUT2D eigenvalue weighted by molar-refractivity contribution is -0.137. The molecule has 0 aromatic carbocycles. The Morgan fingerprint density at radius 2 is 2.00 bits per heavy atom. The highest BCUT2D eigenvalue weighted by Gasteiger charge is 2.43. The highest BCUT2D eigenvalue weighted by Crippen LogP contribution is 2.44. The van der Waals surface area contributed by atoms with E-state index in [1.807, 2.05) is 19.4 Å². The average molecular weight is 280 g/mol. The van der Waals surface area contributed by atoms with Crippen LogP contribution in [0.1, 0.15) is 51.5 Å². The van der Waals surface area contributed by atoms with E-state index in [2.05, 4.69) is 18.9 Å².